The molecule has 0 aliphatic carbocycles. The molecule has 0 amide bonds. The quantitative estimate of drug-likeness (QED) is 0.637. The first-order valence-corrected chi connectivity index (χ1v) is 4.74. The topological polar surface area (TPSA) is 72.8 Å². The first-order chi connectivity index (χ1) is 6.84. The number of rotatable bonds is 7. The van der Waals surface area contributed by atoms with Crippen molar-refractivity contribution in [3.63, 3.8) is 0 Å². The molecule has 88 valence electrons. The lowest BCUT2D eigenvalue weighted by Gasteiger charge is -2.16. The van der Waals surface area contributed by atoms with Crippen molar-refractivity contribution in [2.24, 2.45) is 5.41 Å². The molecule has 0 rings (SSSR count). The van der Waals surface area contributed by atoms with Crippen molar-refractivity contribution >= 4 is 11.8 Å². The molecule has 0 aliphatic rings. The van der Waals surface area contributed by atoms with E-state index in [-0.39, 0.29) is 32.2 Å². The van der Waals surface area contributed by atoms with E-state index in [1.54, 1.807) is 0 Å². The summed E-state index contributed by atoms with van der Waals surface area (Å²) in [6.07, 6.45) is 0. The normalized spacial score (nSPS) is 11.4. The van der Waals surface area contributed by atoms with E-state index in [1.807, 2.05) is 20.8 Å². The molecule has 0 unspecified atom stereocenters. The molecular formula is C10H18O5. The summed E-state index contributed by atoms with van der Waals surface area (Å²) in [6, 6.07) is 0. The van der Waals surface area contributed by atoms with Crippen LogP contribution in [0, 0.1) is 5.41 Å². The minimum absolute atomic E-state index is 0.0146. The average Bonchev–Trinajstić information content (AvgIpc) is 2.08. The molecular weight excluding hydrogens is 200 g/mol. The van der Waals surface area contributed by atoms with Gasteiger partial charge < -0.3 is 14.6 Å². The molecule has 0 aromatic carbocycles. The van der Waals surface area contributed by atoms with Crippen LogP contribution in [0.1, 0.15) is 20.8 Å². The molecule has 0 aliphatic heterocycles. The number of ether oxygens (including phenoxy) is 2. The van der Waals surface area contributed by atoms with E-state index in [2.05, 4.69) is 0 Å². The van der Waals surface area contributed by atoms with Gasteiger partial charge in [-0.1, -0.05) is 20.8 Å². The first-order valence-electron chi connectivity index (χ1n) is 4.74. The number of hydrogen-bond donors (Lipinski definition) is 1. The van der Waals surface area contributed by atoms with E-state index >= 15 is 0 Å². The summed E-state index contributed by atoms with van der Waals surface area (Å²) in [6.45, 7) is 5.58. The number of carbonyl (C=O) groups is 2. The van der Waals surface area contributed by atoms with Gasteiger partial charge in [0.2, 0.25) is 0 Å². The Morgan fingerprint density at radius 2 is 1.53 bits per heavy atom. The second kappa shape index (κ2) is 6.53. The number of carbonyl (C=O) groups excluding carboxylic acids is 1. The second-order valence-corrected chi connectivity index (χ2v) is 4.17. The van der Waals surface area contributed by atoms with Gasteiger partial charge in [0.1, 0.15) is 13.2 Å². The van der Waals surface area contributed by atoms with Crippen LogP contribution in [-0.4, -0.2) is 43.3 Å². The van der Waals surface area contributed by atoms with Crippen molar-refractivity contribution in [1.82, 2.24) is 0 Å². The van der Waals surface area contributed by atoms with Crippen molar-refractivity contribution in [3.8, 4) is 0 Å². The van der Waals surface area contributed by atoms with Crippen LogP contribution in [0.3, 0.4) is 0 Å². The summed E-state index contributed by atoms with van der Waals surface area (Å²) in [5.41, 5.74) is -0.401. The molecule has 0 saturated heterocycles. The van der Waals surface area contributed by atoms with Crippen LogP contribution in [0.15, 0.2) is 0 Å². The van der Waals surface area contributed by atoms with E-state index in [4.69, 9.17) is 14.6 Å². The summed E-state index contributed by atoms with van der Waals surface area (Å²) in [5, 5.41) is 8.24. The minimum Gasteiger partial charge on any atom is -0.480 e. The van der Waals surface area contributed by atoms with Crippen LogP contribution < -0.4 is 0 Å². The molecule has 0 fully saturated rings. The number of hydrogen-bond acceptors (Lipinski definition) is 4. The molecule has 0 spiro atoms. The van der Waals surface area contributed by atoms with Crippen molar-refractivity contribution < 1.29 is 24.2 Å². The van der Waals surface area contributed by atoms with Gasteiger partial charge in [0.15, 0.2) is 5.78 Å². The van der Waals surface area contributed by atoms with E-state index in [0.29, 0.717) is 0 Å². The fourth-order valence-electron chi connectivity index (χ4n) is 0.659. The predicted molar refractivity (Wildman–Crippen MR) is 53.7 cm³/mol. The van der Waals surface area contributed by atoms with Crippen molar-refractivity contribution in [2.45, 2.75) is 20.8 Å². The van der Waals surface area contributed by atoms with Gasteiger partial charge in [-0.2, -0.15) is 0 Å². The molecule has 0 radical (unpaired) electrons. The van der Waals surface area contributed by atoms with Crippen LogP contribution in [0.2, 0.25) is 0 Å². The number of Topliss-reactive ketones (excluding diaryl/α,β-unsaturated/α-hetero) is 1. The fraction of sp³-hybridized carbons (Fsp3) is 0.800. The second-order valence-electron chi connectivity index (χ2n) is 4.17. The highest BCUT2D eigenvalue weighted by atomic mass is 16.5. The summed E-state index contributed by atoms with van der Waals surface area (Å²) in [5.74, 6) is -0.999. The summed E-state index contributed by atoms with van der Waals surface area (Å²) in [4.78, 5) is 21.4. The third-order valence-electron chi connectivity index (χ3n) is 1.67. The number of carboxylic acid groups (broad SMARTS) is 1. The average molecular weight is 218 g/mol. The Morgan fingerprint density at radius 3 is 1.93 bits per heavy atom. The lowest BCUT2D eigenvalue weighted by Crippen LogP contribution is -2.25. The standard InChI is InChI=1S/C10H18O5/c1-10(2,3)8(11)6-14-4-5-15-7-9(12)13/h4-7H2,1-3H3,(H,12,13). The zero-order chi connectivity index (χ0) is 11.9. The third kappa shape index (κ3) is 8.08. The minimum atomic E-state index is -1.01. The fourth-order valence-corrected chi connectivity index (χ4v) is 0.659. The van der Waals surface area contributed by atoms with Gasteiger partial charge in [0.25, 0.3) is 0 Å². The Morgan fingerprint density at radius 1 is 1.07 bits per heavy atom. The molecule has 15 heavy (non-hydrogen) atoms. The lowest BCUT2D eigenvalue weighted by molar-refractivity contribution is -0.143. The third-order valence-corrected chi connectivity index (χ3v) is 1.67. The van der Waals surface area contributed by atoms with Crippen molar-refractivity contribution in [3.05, 3.63) is 0 Å². The highest BCUT2D eigenvalue weighted by Gasteiger charge is 2.20. The largest absolute Gasteiger partial charge is 0.480 e. The Balaban J connectivity index is 3.40. The van der Waals surface area contributed by atoms with Gasteiger partial charge in [0.05, 0.1) is 13.2 Å². The van der Waals surface area contributed by atoms with Crippen LogP contribution in [0.5, 0.6) is 0 Å². The zero-order valence-corrected chi connectivity index (χ0v) is 9.41. The number of aliphatic carboxylic acids is 1. The molecule has 0 aromatic heterocycles. The number of carboxylic acids is 1. The lowest BCUT2D eigenvalue weighted by atomic mass is 9.91. The smallest absolute Gasteiger partial charge is 0.329 e. The molecule has 0 aromatic rings. The van der Waals surface area contributed by atoms with E-state index in [9.17, 15) is 9.59 Å². The highest BCUT2D eigenvalue weighted by molar-refractivity contribution is 5.84. The molecule has 0 bridgehead atoms. The van der Waals surface area contributed by atoms with Gasteiger partial charge in [0, 0.05) is 5.41 Å². The van der Waals surface area contributed by atoms with Gasteiger partial charge in [-0.05, 0) is 0 Å². The van der Waals surface area contributed by atoms with Crippen molar-refractivity contribution in [1.29, 1.82) is 0 Å². The summed E-state index contributed by atoms with van der Waals surface area (Å²) in [7, 11) is 0. The summed E-state index contributed by atoms with van der Waals surface area (Å²) < 4.78 is 9.76. The maximum absolute atomic E-state index is 11.3. The molecule has 0 heterocycles. The Hall–Kier alpha value is -0.940. The van der Waals surface area contributed by atoms with E-state index in [0.717, 1.165) is 0 Å². The first kappa shape index (κ1) is 14.1. The van der Waals surface area contributed by atoms with Crippen LogP contribution in [0.4, 0.5) is 0 Å². The van der Waals surface area contributed by atoms with Crippen LogP contribution >= 0.6 is 0 Å². The zero-order valence-electron chi connectivity index (χ0n) is 9.41. The molecule has 5 heteroatoms. The van der Waals surface area contributed by atoms with Gasteiger partial charge >= 0.3 is 5.97 Å². The predicted octanol–water partition coefficient (Wildman–Crippen LogP) is 0.719. The van der Waals surface area contributed by atoms with E-state index < -0.39 is 11.4 Å². The number of ketones is 1. The molecule has 1 N–H and O–H groups in total. The van der Waals surface area contributed by atoms with Crippen molar-refractivity contribution in [2.75, 3.05) is 26.4 Å². The maximum Gasteiger partial charge on any atom is 0.329 e. The Labute approximate surface area is 89.4 Å². The van der Waals surface area contributed by atoms with Gasteiger partial charge in [-0.3, -0.25) is 4.79 Å². The molecule has 0 saturated carbocycles. The maximum atomic E-state index is 11.3. The SMILES string of the molecule is CC(C)(C)C(=O)COCCOCC(=O)O. The van der Waals surface area contributed by atoms with Gasteiger partial charge in [-0.15, -0.1) is 0 Å². The van der Waals surface area contributed by atoms with Crippen LogP contribution in [0.25, 0.3) is 0 Å². The molecule has 0 atom stereocenters. The molecule has 5 nitrogen and oxygen atoms in total. The Kier molecular flexibility index (Phi) is 6.12. The Bertz CT molecular complexity index is 216. The summed E-state index contributed by atoms with van der Waals surface area (Å²) >= 11 is 0. The van der Waals surface area contributed by atoms with Gasteiger partial charge in [-0.25, -0.2) is 4.79 Å². The highest BCUT2D eigenvalue weighted by Crippen LogP contribution is 2.14. The van der Waals surface area contributed by atoms with E-state index in [1.165, 1.54) is 0 Å². The monoisotopic (exact) mass is 218 g/mol. The van der Waals surface area contributed by atoms with Crippen LogP contribution in [-0.2, 0) is 19.1 Å².